The Morgan fingerprint density at radius 3 is 0.453 bits per heavy atom. The first-order valence-corrected chi connectivity index (χ1v) is 54.7. The molecule has 0 unspecified atom stereocenters. The van der Waals surface area contributed by atoms with Gasteiger partial charge >= 0.3 is 470 Å². The van der Waals surface area contributed by atoms with Crippen LogP contribution in [-0.2, 0) is 50.7 Å². The van der Waals surface area contributed by atoms with Crippen molar-refractivity contribution in [1.82, 2.24) is 21.3 Å². The van der Waals surface area contributed by atoms with Crippen LogP contribution >= 0.6 is 0 Å². The first-order valence-electron chi connectivity index (χ1n) is 50.1. The number of carbonyl (C=O) groups is 8. The third kappa shape index (κ3) is 73.6. The number of rotatable bonds is 92. The Bertz CT molecular complexity index is 2000. The van der Waals surface area contributed by atoms with Gasteiger partial charge in [-0.25, -0.2) is 0 Å². The van der Waals surface area contributed by atoms with Crippen molar-refractivity contribution in [3.63, 3.8) is 0 Å². The van der Waals surface area contributed by atoms with Gasteiger partial charge in [-0.3, -0.25) is 0 Å². The maximum absolute atomic E-state index is 15.4. The van der Waals surface area contributed by atoms with Crippen molar-refractivity contribution in [2.45, 2.75) is 540 Å². The van der Waals surface area contributed by atoms with E-state index in [-0.39, 0.29) is 77.5 Å². The Kier molecular flexibility index (Phi) is 84.6. The summed E-state index contributed by atoms with van der Waals surface area (Å²) in [4.78, 5) is 118. The summed E-state index contributed by atoms with van der Waals surface area (Å²) in [7, 11) is 0. The molecule has 4 atom stereocenters. The van der Waals surface area contributed by atoms with Gasteiger partial charge in [0, 0.05) is 0 Å². The summed E-state index contributed by atoms with van der Waals surface area (Å²) in [5, 5.41) is 11.5. The van der Waals surface area contributed by atoms with Crippen LogP contribution in [0.25, 0.3) is 0 Å². The van der Waals surface area contributed by atoms with Gasteiger partial charge in [-0.05, 0) is 0 Å². The zero-order chi connectivity index (χ0) is 85.7. The van der Waals surface area contributed by atoms with Crippen molar-refractivity contribution >= 4 is 67.5 Å². The van der Waals surface area contributed by atoms with Crippen LogP contribution in [-0.4, -0.2) is 118 Å². The molecule has 117 heavy (non-hydrogen) atoms. The number of carbonyl (C=O) groups excluding carboxylic acids is 8. The Labute approximate surface area is 724 Å². The molecule has 688 valence electrons. The molecule has 0 heterocycles. The summed E-state index contributed by atoms with van der Waals surface area (Å²) in [6, 6.07) is -5.69. The van der Waals surface area contributed by atoms with Crippen LogP contribution in [0.4, 0.5) is 0 Å². The summed E-state index contributed by atoms with van der Waals surface area (Å²) in [6.45, 7) is 10.1. The SMILES string of the molecule is CCCCCCCCCCCCCCCCCC(=O)N[C@@H](CCCCN)C(=O)[O][Sn]([O]C(=O)[C@H](CCCCN)NC(=O)CCCCCCCCCCCCCCCCC)([O]C(=O)[C@H](CCCCN)NC(=O)CCCCCCCCCCCCCCCCC)[O]C(=O)[C@H](CCCCN)NC(=O)CCCCCCCCCCCCCCCCC. The van der Waals surface area contributed by atoms with Crippen LogP contribution in [0.1, 0.15) is 516 Å². The van der Waals surface area contributed by atoms with E-state index < -0.39 is 91.7 Å². The molecule has 0 radical (unpaired) electrons. The molecule has 0 spiro atoms. The van der Waals surface area contributed by atoms with Crippen LogP contribution in [0.2, 0.25) is 0 Å². The molecule has 0 aromatic carbocycles. The standard InChI is InChI=1S/4C24H48N2O3.Sn/c4*1-2-3-4-5-6-7-8-9-10-11-12-13-14-15-16-20-23(27)26-22(24(28)29)19-17-18-21-25;/h4*22H,2-21,25H2,1H3,(H,26,27)(H,28,29);/q;;;;+4/p-4/t4*22-;/m0000./s1. The molecule has 0 saturated heterocycles. The average molecular weight is 1770 g/mol. The van der Waals surface area contributed by atoms with Crippen LogP contribution in [0, 0.1) is 0 Å². The van der Waals surface area contributed by atoms with Crippen LogP contribution < -0.4 is 44.2 Å². The summed E-state index contributed by atoms with van der Waals surface area (Å²) in [5.41, 5.74) is 24.1. The Morgan fingerprint density at radius 1 is 0.197 bits per heavy atom. The second-order valence-corrected chi connectivity index (χ2v) is 39.8. The molecule has 0 aliphatic carbocycles. The van der Waals surface area contributed by atoms with E-state index in [0.717, 1.165) is 103 Å². The van der Waals surface area contributed by atoms with Crippen LogP contribution in [0.15, 0.2) is 0 Å². The van der Waals surface area contributed by atoms with E-state index in [1.807, 2.05) is 0 Å². The first-order chi connectivity index (χ1) is 57.2. The predicted octanol–water partition coefficient (Wildman–Crippen LogP) is 23.1. The Balaban J connectivity index is 7.46. The zero-order valence-electron chi connectivity index (χ0n) is 76.6. The summed E-state index contributed by atoms with van der Waals surface area (Å²) in [5.74, 6) is -6.49. The molecular weight excluding hydrogens is 1580 g/mol. The molecule has 0 saturated carbocycles. The number of hydrogen-bond donors (Lipinski definition) is 8. The van der Waals surface area contributed by atoms with E-state index >= 15 is 19.2 Å². The van der Waals surface area contributed by atoms with Gasteiger partial charge in [0.25, 0.3) is 0 Å². The molecular formula is C96H188N8O12Sn. The molecule has 4 amide bonds. The van der Waals surface area contributed by atoms with Gasteiger partial charge in [-0.2, -0.15) is 0 Å². The number of nitrogens with one attached hydrogen (secondary N) is 4. The predicted molar refractivity (Wildman–Crippen MR) is 488 cm³/mol. The minimum atomic E-state index is -7.25. The Hall–Kier alpha value is -3.60. The van der Waals surface area contributed by atoms with Crippen molar-refractivity contribution < 1.29 is 50.7 Å². The van der Waals surface area contributed by atoms with Crippen molar-refractivity contribution in [2.75, 3.05) is 26.2 Å². The van der Waals surface area contributed by atoms with Crippen molar-refractivity contribution in [1.29, 1.82) is 0 Å². The molecule has 12 N–H and O–H groups in total. The van der Waals surface area contributed by atoms with E-state index in [9.17, 15) is 19.2 Å². The van der Waals surface area contributed by atoms with Gasteiger partial charge < -0.3 is 0 Å². The van der Waals surface area contributed by atoms with E-state index in [0.29, 0.717) is 77.0 Å². The fourth-order valence-electron chi connectivity index (χ4n) is 15.6. The number of amides is 4. The molecule has 0 bridgehead atoms. The van der Waals surface area contributed by atoms with Gasteiger partial charge in [0.15, 0.2) is 0 Å². The second-order valence-electron chi connectivity index (χ2n) is 34.6. The molecule has 21 heteroatoms. The molecule has 0 aromatic heterocycles. The van der Waals surface area contributed by atoms with E-state index in [1.165, 1.54) is 257 Å². The van der Waals surface area contributed by atoms with E-state index in [2.05, 4.69) is 49.0 Å². The quantitative estimate of drug-likeness (QED) is 0.0207. The van der Waals surface area contributed by atoms with E-state index in [1.54, 1.807) is 0 Å². The maximum atomic E-state index is 15.4. The second kappa shape index (κ2) is 87.3. The number of nitrogens with two attached hydrogens (primary N) is 4. The third-order valence-electron chi connectivity index (χ3n) is 23.2. The normalized spacial score (nSPS) is 12.6. The molecule has 0 aromatic rings. The van der Waals surface area contributed by atoms with Gasteiger partial charge in [0.05, 0.1) is 0 Å². The molecule has 0 rings (SSSR count). The van der Waals surface area contributed by atoms with Crippen LogP contribution in [0.3, 0.4) is 0 Å². The van der Waals surface area contributed by atoms with E-state index in [4.69, 9.17) is 35.2 Å². The Morgan fingerprint density at radius 2 is 0.325 bits per heavy atom. The average Bonchev–Trinajstić information content (AvgIpc) is 0.801. The van der Waals surface area contributed by atoms with Crippen LogP contribution in [0.5, 0.6) is 0 Å². The number of unbranched alkanes of at least 4 members (excludes halogenated alkanes) is 60. The minimum absolute atomic E-state index is 0.00363. The van der Waals surface area contributed by atoms with Gasteiger partial charge in [0.1, 0.15) is 0 Å². The topological polar surface area (TPSA) is 326 Å². The first kappa shape index (κ1) is 113. The summed E-state index contributed by atoms with van der Waals surface area (Å²) >= 11 is -7.25. The van der Waals surface area contributed by atoms with Gasteiger partial charge in [-0.15, -0.1) is 0 Å². The fraction of sp³-hybridized carbons (Fsp3) is 0.917. The molecule has 0 aliphatic rings. The van der Waals surface area contributed by atoms with Gasteiger partial charge in [-0.1, -0.05) is 259 Å². The number of hydrogen-bond acceptors (Lipinski definition) is 16. The minimum Gasteiger partial charge on any atom is -0.0654 e. The molecule has 20 nitrogen and oxygen atoms in total. The van der Waals surface area contributed by atoms with Crippen molar-refractivity contribution in [3.8, 4) is 0 Å². The third-order valence-corrected chi connectivity index (χ3v) is 28.3. The van der Waals surface area contributed by atoms with Crippen molar-refractivity contribution in [3.05, 3.63) is 0 Å². The molecule has 0 aliphatic heterocycles. The zero-order valence-corrected chi connectivity index (χ0v) is 79.4. The summed E-state index contributed by atoms with van der Waals surface area (Å²) < 4.78 is 25.6. The smallest absolute Gasteiger partial charge is 0.0654 e. The molecule has 0 fully saturated rings. The summed E-state index contributed by atoms with van der Waals surface area (Å²) in [6.07, 6.45) is 73.0. The monoisotopic (exact) mass is 1770 g/mol. The van der Waals surface area contributed by atoms with Crippen molar-refractivity contribution in [2.24, 2.45) is 22.9 Å². The fourth-order valence-corrected chi connectivity index (χ4v) is 20.7. The van der Waals surface area contributed by atoms with Gasteiger partial charge in [0.2, 0.25) is 0 Å².